The molecule has 1 aliphatic heterocycles. The maximum absolute atomic E-state index is 12.2. The van der Waals surface area contributed by atoms with E-state index in [0.717, 1.165) is 0 Å². The summed E-state index contributed by atoms with van der Waals surface area (Å²) in [5.41, 5.74) is 0. The molecule has 2 N–H and O–H groups in total. The van der Waals surface area contributed by atoms with Crippen LogP contribution >= 0.6 is 12.4 Å². The van der Waals surface area contributed by atoms with Crippen LogP contribution in [-0.4, -0.2) is 56.1 Å². The SMILES string of the molecule is CNCCNC(=O)C1CC(=O)N(CC(F)(F)F)C1.Cl. The van der Waals surface area contributed by atoms with Gasteiger partial charge in [-0.15, -0.1) is 12.4 Å². The average Bonchev–Trinajstić information content (AvgIpc) is 2.58. The number of nitrogens with zero attached hydrogens (tertiary/aromatic N) is 1. The van der Waals surface area contributed by atoms with Crippen LogP contribution < -0.4 is 10.6 Å². The molecule has 9 heteroatoms. The molecule has 5 nitrogen and oxygen atoms in total. The van der Waals surface area contributed by atoms with Gasteiger partial charge in [0.25, 0.3) is 0 Å². The highest BCUT2D eigenvalue weighted by atomic mass is 35.5. The number of hydrogen-bond donors (Lipinski definition) is 2. The van der Waals surface area contributed by atoms with E-state index < -0.39 is 24.5 Å². The molecule has 0 bridgehead atoms. The summed E-state index contributed by atoms with van der Waals surface area (Å²) < 4.78 is 36.5. The predicted molar refractivity (Wildman–Crippen MR) is 64.9 cm³/mol. The van der Waals surface area contributed by atoms with Gasteiger partial charge in [-0.05, 0) is 7.05 Å². The molecule has 0 aromatic rings. The van der Waals surface area contributed by atoms with Crippen molar-refractivity contribution in [3.8, 4) is 0 Å². The molecule has 19 heavy (non-hydrogen) atoms. The Labute approximate surface area is 115 Å². The Bertz CT molecular complexity index is 326. The molecule has 0 aromatic carbocycles. The van der Waals surface area contributed by atoms with E-state index in [4.69, 9.17) is 0 Å². The van der Waals surface area contributed by atoms with Crippen LogP contribution in [0.15, 0.2) is 0 Å². The van der Waals surface area contributed by atoms with Crippen LogP contribution in [0.2, 0.25) is 0 Å². The Morgan fingerprint density at radius 2 is 2.05 bits per heavy atom. The summed E-state index contributed by atoms with van der Waals surface area (Å²) in [5, 5.41) is 5.39. The summed E-state index contributed by atoms with van der Waals surface area (Å²) >= 11 is 0. The maximum Gasteiger partial charge on any atom is 0.406 e. The van der Waals surface area contributed by atoms with Gasteiger partial charge in [-0.3, -0.25) is 9.59 Å². The topological polar surface area (TPSA) is 61.4 Å². The molecule has 1 fully saturated rings. The highest BCUT2D eigenvalue weighted by Crippen LogP contribution is 2.23. The Morgan fingerprint density at radius 1 is 1.42 bits per heavy atom. The zero-order valence-corrected chi connectivity index (χ0v) is 11.2. The molecule has 1 aliphatic rings. The van der Waals surface area contributed by atoms with Gasteiger partial charge in [0.15, 0.2) is 0 Å². The van der Waals surface area contributed by atoms with Gasteiger partial charge in [-0.1, -0.05) is 0 Å². The first-order valence-electron chi connectivity index (χ1n) is 5.60. The minimum Gasteiger partial charge on any atom is -0.355 e. The van der Waals surface area contributed by atoms with E-state index >= 15 is 0 Å². The fourth-order valence-electron chi connectivity index (χ4n) is 1.77. The van der Waals surface area contributed by atoms with Gasteiger partial charge in [0, 0.05) is 26.1 Å². The second kappa shape index (κ2) is 7.54. The Hall–Kier alpha value is -1.02. The molecule has 0 aliphatic carbocycles. The van der Waals surface area contributed by atoms with Crippen molar-refractivity contribution in [1.82, 2.24) is 15.5 Å². The summed E-state index contributed by atoms with van der Waals surface area (Å²) in [6.07, 6.45) is -4.57. The molecular formula is C10H17ClF3N3O2. The van der Waals surface area contributed by atoms with Crippen molar-refractivity contribution < 1.29 is 22.8 Å². The number of likely N-dealkylation sites (N-methyl/N-ethyl adjacent to an activating group) is 1. The quantitative estimate of drug-likeness (QED) is 0.711. The molecule has 1 heterocycles. The molecule has 0 spiro atoms. The molecule has 2 amide bonds. The maximum atomic E-state index is 12.2. The number of amides is 2. The lowest BCUT2D eigenvalue weighted by Crippen LogP contribution is -2.38. The fourth-order valence-corrected chi connectivity index (χ4v) is 1.77. The van der Waals surface area contributed by atoms with Gasteiger partial charge in [0.1, 0.15) is 6.54 Å². The van der Waals surface area contributed by atoms with Crippen LogP contribution in [0.1, 0.15) is 6.42 Å². The summed E-state index contributed by atoms with van der Waals surface area (Å²) in [6, 6.07) is 0. The lowest BCUT2D eigenvalue weighted by molar-refractivity contribution is -0.157. The zero-order chi connectivity index (χ0) is 13.8. The van der Waals surface area contributed by atoms with Crippen molar-refractivity contribution in [3.63, 3.8) is 0 Å². The van der Waals surface area contributed by atoms with Crippen molar-refractivity contribution in [2.24, 2.45) is 5.92 Å². The van der Waals surface area contributed by atoms with E-state index in [9.17, 15) is 22.8 Å². The van der Waals surface area contributed by atoms with Crippen molar-refractivity contribution in [2.75, 3.05) is 33.2 Å². The summed E-state index contributed by atoms with van der Waals surface area (Å²) in [6.45, 7) is -0.492. The molecule has 1 rings (SSSR count). The minimum absolute atomic E-state index is 0. The third-order valence-electron chi connectivity index (χ3n) is 2.63. The van der Waals surface area contributed by atoms with Crippen molar-refractivity contribution >= 4 is 24.2 Å². The third kappa shape index (κ3) is 6.11. The molecule has 0 saturated carbocycles. The minimum atomic E-state index is -4.42. The molecule has 0 aromatic heterocycles. The van der Waals surface area contributed by atoms with E-state index in [-0.39, 0.29) is 31.3 Å². The summed E-state index contributed by atoms with van der Waals surface area (Å²) in [4.78, 5) is 23.6. The number of hydrogen-bond acceptors (Lipinski definition) is 3. The number of alkyl halides is 3. The van der Waals surface area contributed by atoms with Gasteiger partial charge in [0.2, 0.25) is 11.8 Å². The second-order valence-corrected chi connectivity index (χ2v) is 4.19. The zero-order valence-electron chi connectivity index (χ0n) is 10.4. The normalized spacial score (nSPS) is 19.3. The third-order valence-corrected chi connectivity index (χ3v) is 2.63. The van der Waals surface area contributed by atoms with Crippen molar-refractivity contribution in [2.45, 2.75) is 12.6 Å². The van der Waals surface area contributed by atoms with E-state index in [1.54, 1.807) is 7.05 Å². The largest absolute Gasteiger partial charge is 0.406 e. The number of carbonyl (C=O) groups is 2. The van der Waals surface area contributed by atoms with Crippen LogP contribution in [-0.2, 0) is 9.59 Å². The molecule has 1 saturated heterocycles. The number of rotatable bonds is 5. The predicted octanol–water partition coefficient (Wildman–Crippen LogP) is 0.155. The van der Waals surface area contributed by atoms with Crippen molar-refractivity contribution in [1.29, 1.82) is 0 Å². The lowest BCUT2D eigenvalue weighted by Gasteiger charge is -2.18. The first-order valence-corrected chi connectivity index (χ1v) is 5.60. The molecule has 1 unspecified atom stereocenters. The van der Waals surface area contributed by atoms with Gasteiger partial charge < -0.3 is 15.5 Å². The highest BCUT2D eigenvalue weighted by Gasteiger charge is 2.40. The lowest BCUT2D eigenvalue weighted by atomic mass is 10.1. The van der Waals surface area contributed by atoms with Gasteiger partial charge in [-0.2, -0.15) is 13.2 Å². The standard InChI is InChI=1S/C10H16F3N3O2.ClH/c1-14-2-3-15-9(18)7-4-8(17)16(5-7)6-10(11,12)13;/h7,14H,2-6H2,1H3,(H,15,18);1H. The van der Waals surface area contributed by atoms with E-state index in [1.807, 2.05) is 0 Å². The first kappa shape index (κ1) is 18.0. The van der Waals surface area contributed by atoms with Crippen LogP contribution in [0, 0.1) is 5.92 Å². The van der Waals surface area contributed by atoms with Crippen LogP contribution in [0.5, 0.6) is 0 Å². The number of halogens is 4. The van der Waals surface area contributed by atoms with Crippen LogP contribution in [0.25, 0.3) is 0 Å². The smallest absolute Gasteiger partial charge is 0.355 e. The average molecular weight is 304 g/mol. The monoisotopic (exact) mass is 303 g/mol. The summed E-state index contributed by atoms with van der Waals surface area (Å²) in [7, 11) is 1.72. The van der Waals surface area contributed by atoms with Crippen LogP contribution in [0.3, 0.4) is 0 Å². The van der Waals surface area contributed by atoms with E-state index in [0.29, 0.717) is 18.0 Å². The molecule has 1 atom stereocenters. The fraction of sp³-hybridized carbons (Fsp3) is 0.800. The first-order chi connectivity index (χ1) is 8.33. The van der Waals surface area contributed by atoms with Gasteiger partial charge >= 0.3 is 6.18 Å². The molecule has 0 radical (unpaired) electrons. The van der Waals surface area contributed by atoms with Crippen LogP contribution in [0.4, 0.5) is 13.2 Å². The number of nitrogens with one attached hydrogen (secondary N) is 2. The van der Waals surface area contributed by atoms with Gasteiger partial charge in [0.05, 0.1) is 5.92 Å². The second-order valence-electron chi connectivity index (χ2n) is 4.19. The van der Waals surface area contributed by atoms with Gasteiger partial charge in [-0.25, -0.2) is 0 Å². The number of likely N-dealkylation sites (tertiary alicyclic amines) is 1. The van der Waals surface area contributed by atoms with E-state index in [1.165, 1.54) is 0 Å². The Morgan fingerprint density at radius 3 is 2.58 bits per heavy atom. The Balaban J connectivity index is 0.00000324. The van der Waals surface area contributed by atoms with Crippen molar-refractivity contribution in [3.05, 3.63) is 0 Å². The number of carbonyl (C=O) groups excluding carboxylic acids is 2. The van der Waals surface area contributed by atoms with E-state index in [2.05, 4.69) is 10.6 Å². The Kier molecular flexibility index (Phi) is 7.14. The summed E-state index contributed by atoms with van der Waals surface area (Å²) in [5.74, 6) is -1.68. The highest BCUT2D eigenvalue weighted by molar-refractivity contribution is 5.89. The molecular weight excluding hydrogens is 287 g/mol. The molecule has 112 valence electrons.